The fraction of sp³-hybridized carbons (Fsp3) is 0.889. The number of alkyl carbamates (subject to hydrolysis) is 1. The second kappa shape index (κ2) is 10.1. The Hall–Kier alpha value is -1.38. The maximum Gasteiger partial charge on any atom is 0.408 e. The van der Waals surface area contributed by atoms with Crippen molar-refractivity contribution in [3.63, 3.8) is 0 Å². The Balaban J connectivity index is 2.58. The highest BCUT2D eigenvalue weighted by atomic mass is 16.6. The monoisotopic (exact) mass is 374 g/mol. The Kier molecular flexibility index (Phi) is 8.79. The molecule has 0 aromatic carbocycles. The SMILES string of the molecule is CO[C@H](C)[C@H](NC(=O)OC(C)(C)C)C(=O)OC[C@H](C)[C@@H]1CNC[C@H](C)O1. The molecular formula is C18H34N2O6. The van der Waals surface area contributed by atoms with Gasteiger partial charge in [0.05, 0.1) is 24.9 Å². The average Bonchev–Trinajstić information content (AvgIpc) is 2.55. The topological polar surface area (TPSA) is 95.1 Å². The van der Waals surface area contributed by atoms with Gasteiger partial charge in [-0.15, -0.1) is 0 Å². The fourth-order valence-electron chi connectivity index (χ4n) is 2.51. The number of carbonyl (C=O) groups excluding carboxylic acids is 2. The summed E-state index contributed by atoms with van der Waals surface area (Å²) in [5.41, 5.74) is -0.661. The van der Waals surface area contributed by atoms with E-state index in [4.69, 9.17) is 18.9 Å². The molecule has 1 aliphatic heterocycles. The second-order valence-electron chi connectivity index (χ2n) is 7.82. The zero-order chi connectivity index (χ0) is 19.9. The van der Waals surface area contributed by atoms with Gasteiger partial charge in [-0.2, -0.15) is 0 Å². The summed E-state index contributed by atoms with van der Waals surface area (Å²) in [5.74, 6) is -0.539. The third-order valence-corrected chi connectivity index (χ3v) is 4.07. The highest BCUT2D eigenvalue weighted by molar-refractivity contribution is 5.82. The summed E-state index contributed by atoms with van der Waals surface area (Å²) >= 11 is 0. The van der Waals surface area contributed by atoms with Crippen LogP contribution in [0, 0.1) is 5.92 Å². The molecule has 0 unspecified atom stereocenters. The lowest BCUT2D eigenvalue weighted by molar-refractivity contribution is -0.153. The van der Waals surface area contributed by atoms with Gasteiger partial charge in [-0.1, -0.05) is 6.92 Å². The van der Waals surface area contributed by atoms with Crippen molar-refractivity contribution in [3.8, 4) is 0 Å². The highest BCUT2D eigenvalue weighted by Crippen LogP contribution is 2.14. The van der Waals surface area contributed by atoms with Crippen LogP contribution in [0.15, 0.2) is 0 Å². The molecule has 0 aromatic heterocycles. The number of hydrogen-bond donors (Lipinski definition) is 2. The zero-order valence-electron chi connectivity index (χ0n) is 17.0. The predicted octanol–water partition coefficient (Wildman–Crippen LogP) is 1.47. The van der Waals surface area contributed by atoms with E-state index in [0.29, 0.717) is 0 Å². The summed E-state index contributed by atoms with van der Waals surface area (Å²) < 4.78 is 21.7. The number of esters is 1. The summed E-state index contributed by atoms with van der Waals surface area (Å²) in [6.07, 6.45) is -1.14. The van der Waals surface area contributed by atoms with Crippen molar-refractivity contribution in [1.29, 1.82) is 0 Å². The number of methoxy groups -OCH3 is 1. The maximum absolute atomic E-state index is 12.5. The van der Waals surface area contributed by atoms with E-state index < -0.39 is 29.8 Å². The van der Waals surface area contributed by atoms with Crippen molar-refractivity contribution in [2.75, 3.05) is 26.8 Å². The third kappa shape index (κ3) is 7.88. The first kappa shape index (κ1) is 22.7. The average molecular weight is 374 g/mol. The molecule has 0 aromatic rings. The number of nitrogens with one attached hydrogen (secondary N) is 2. The first-order valence-corrected chi connectivity index (χ1v) is 9.08. The molecule has 26 heavy (non-hydrogen) atoms. The van der Waals surface area contributed by atoms with Crippen LogP contribution in [-0.4, -0.2) is 68.8 Å². The lowest BCUT2D eigenvalue weighted by atomic mass is 10.0. The van der Waals surface area contributed by atoms with Crippen LogP contribution in [0.2, 0.25) is 0 Å². The molecule has 0 spiro atoms. The molecule has 1 aliphatic rings. The second-order valence-corrected chi connectivity index (χ2v) is 7.82. The minimum Gasteiger partial charge on any atom is -0.464 e. The van der Waals surface area contributed by atoms with E-state index >= 15 is 0 Å². The van der Waals surface area contributed by atoms with Gasteiger partial charge in [-0.25, -0.2) is 9.59 Å². The number of amides is 1. The van der Waals surface area contributed by atoms with Gasteiger partial charge in [0.25, 0.3) is 0 Å². The van der Waals surface area contributed by atoms with Crippen LogP contribution in [0.4, 0.5) is 4.79 Å². The van der Waals surface area contributed by atoms with Crippen LogP contribution in [0.5, 0.6) is 0 Å². The number of rotatable bonds is 7. The van der Waals surface area contributed by atoms with E-state index in [9.17, 15) is 9.59 Å². The van der Waals surface area contributed by atoms with Gasteiger partial charge in [0.2, 0.25) is 0 Å². The Morgan fingerprint density at radius 3 is 2.46 bits per heavy atom. The lowest BCUT2D eigenvalue weighted by Crippen LogP contribution is -2.51. The van der Waals surface area contributed by atoms with Crippen LogP contribution in [0.1, 0.15) is 41.5 Å². The molecule has 1 heterocycles. The smallest absolute Gasteiger partial charge is 0.408 e. The van der Waals surface area contributed by atoms with Crippen LogP contribution >= 0.6 is 0 Å². The van der Waals surface area contributed by atoms with Gasteiger partial charge in [0.1, 0.15) is 5.60 Å². The van der Waals surface area contributed by atoms with Gasteiger partial charge < -0.3 is 29.6 Å². The van der Waals surface area contributed by atoms with Crippen molar-refractivity contribution < 1.29 is 28.5 Å². The summed E-state index contributed by atoms with van der Waals surface area (Å²) in [6, 6.07) is -0.952. The zero-order valence-corrected chi connectivity index (χ0v) is 17.0. The summed E-state index contributed by atoms with van der Waals surface area (Å²) in [7, 11) is 1.47. The van der Waals surface area contributed by atoms with E-state index in [2.05, 4.69) is 10.6 Å². The van der Waals surface area contributed by atoms with Crippen molar-refractivity contribution >= 4 is 12.1 Å². The molecule has 0 aliphatic carbocycles. The molecule has 0 saturated carbocycles. The molecule has 5 atom stereocenters. The molecule has 1 amide bonds. The molecule has 1 rings (SSSR count). The molecule has 0 bridgehead atoms. The van der Waals surface area contributed by atoms with Crippen LogP contribution in [0.25, 0.3) is 0 Å². The van der Waals surface area contributed by atoms with Crippen molar-refractivity contribution in [2.45, 2.75) is 71.5 Å². The Bertz CT molecular complexity index is 465. The fourth-order valence-corrected chi connectivity index (χ4v) is 2.51. The van der Waals surface area contributed by atoms with Crippen molar-refractivity contribution in [1.82, 2.24) is 10.6 Å². The molecule has 8 nitrogen and oxygen atoms in total. The molecule has 2 N–H and O–H groups in total. The lowest BCUT2D eigenvalue weighted by Gasteiger charge is -2.33. The third-order valence-electron chi connectivity index (χ3n) is 4.07. The summed E-state index contributed by atoms with van der Waals surface area (Å²) in [5, 5.41) is 5.82. The largest absolute Gasteiger partial charge is 0.464 e. The van der Waals surface area contributed by atoms with E-state index in [1.165, 1.54) is 7.11 Å². The van der Waals surface area contributed by atoms with Gasteiger partial charge in [0, 0.05) is 26.1 Å². The summed E-state index contributed by atoms with van der Waals surface area (Å²) in [6.45, 7) is 12.6. The first-order valence-electron chi connectivity index (χ1n) is 9.08. The van der Waals surface area contributed by atoms with Gasteiger partial charge in [-0.05, 0) is 34.6 Å². The maximum atomic E-state index is 12.5. The molecule has 1 saturated heterocycles. The van der Waals surface area contributed by atoms with Crippen molar-refractivity contribution in [3.05, 3.63) is 0 Å². The molecular weight excluding hydrogens is 340 g/mol. The Morgan fingerprint density at radius 2 is 1.92 bits per heavy atom. The minimum absolute atomic E-state index is 0.0224. The van der Waals surface area contributed by atoms with Crippen LogP contribution in [0.3, 0.4) is 0 Å². The van der Waals surface area contributed by atoms with Crippen molar-refractivity contribution in [2.24, 2.45) is 5.92 Å². The molecule has 0 radical (unpaired) electrons. The van der Waals surface area contributed by atoms with Gasteiger partial charge in [-0.3, -0.25) is 0 Å². The predicted molar refractivity (Wildman–Crippen MR) is 97.0 cm³/mol. The molecule has 1 fully saturated rings. The van der Waals surface area contributed by atoms with E-state index in [1.807, 2.05) is 13.8 Å². The van der Waals surface area contributed by atoms with Gasteiger partial charge >= 0.3 is 12.1 Å². The minimum atomic E-state index is -0.952. The number of ether oxygens (including phenoxy) is 4. The summed E-state index contributed by atoms with van der Waals surface area (Å²) in [4.78, 5) is 24.5. The normalized spacial score (nSPS) is 24.3. The Labute approximate surface area is 156 Å². The highest BCUT2D eigenvalue weighted by Gasteiger charge is 2.32. The number of morpholine rings is 1. The van der Waals surface area contributed by atoms with Crippen LogP contribution < -0.4 is 10.6 Å². The first-order chi connectivity index (χ1) is 12.0. The standard InChI is InChI=1S/C18H34N2O6/c1-11(14-9-19-8-12(2)25-14)10-24-16(21)15(13(3)23-7)20-17(22)26-18(4,5)6/h11-15,19H,8-10H2,1-7H3,(H,20,22)/t11-,12-,13+,14-,15-/m0/s1. The van der Waals surface area contributed by atoms with E-state index in [-0.39, 0.29) is 24.7 Å². The quantitative estimate of drug-likeness (QED) is 0.652. The number of carbonyl (C=O) groups is 2. The van der Waals surface area contributed by atoms with Crippen LogP contribution in [-0.2, 0) is 23.7 Å². The Morgan fingerprint density at radius 1 is 1.27 bits per heavy atom. The number of hydrogen-bond acceptors (Lipinski definition) is 7. The van der Waals surface area contributed by atoms with Gasteiger partial charge in [0.15, 0.2) is 6.04 Å². The van der Waals surface area contributed by atoms with E-state index in [0.717, 1.165) is 13.1 Å². The van der Waals surface area contributed by atoms with E-state index in [1.54, 1.807) is 27.7 Å². The molecule has 152 valence electrons. The molecule has 8 heteroatoms.